The van der Waals surface area contributed by atoms with Crippen LogP contribution in [-0.4, -0.2) is 35.9 Å². The molecule has 0 heterocycles. The molecule has 0 N–H and O–H groups in total. The second kappa shape index (κ2) is 10.5. The SMILES string of the molecule is COC(=O)[C@@]1(C)CC[C@]2(C)CC[C@]3(C)C(=CC(=O)[C@@H]4[C@@]5(C)CC[C@H](OC(=O)c6ccc([N+](=O)[O-])cc6)C(C)(C)[C@@H]5CC[C@]43C)[C@@H]2C1. The van der Waals surface area contributed by atoms with E-state index in [2.05, 4.69) is 41.5 Å². The average Bonchev–Trinajstić information content (AvgIpc) is 3.00. The summed E-state index contributed by atoms with van der Waals surface area (Å²) in [6, 6.07) is 5.56. The number of nitrogens with zero attached hydrogens (tertiary/aromatic N) is 1. The molecule has 4 saturated carbocycles. The monoisotopic (exact) mass is 633 g/mol. The number of nitro groups is 1. The van der Waals surface area contributed by atoms with E-state index in [4.69, 9.17) is 9.47 Å². The van der Waals surface area contributed by atoms with Gasteiger partial charge in [0.1, 0.15) is 6.10 Å². The number of fused-ring (bicyclic) bond motifs is 7. The van der Waals surface area contributed by atoms with Gasteiger partial charge in [0.2, 0.25) is 0 Å². The van der Waals surface area contributed by atoms with Crippen LogP contribution < -0.4 is 0 Å². The Morgan fingerprint density at radius 1 is 0.891 bits per heavy atom. The van der Waals surface area contributed by atoms with Gasteiger partial charge < -0.3 is 9.47 Å². The van der Waals surface area contributed by atoms with Crippen molar-refractivity contribution in [1.29, 1.82) is 0 Å². The number of carbonyl (C=O) groups excluding carboxylic acids is 3. The number of nitro benzene ring substituents is 1. The summed E-state index contributed by atoms with van der Waals surface area (Å²) >= 11 is 0. The molecule has 6 rings (SSSR count). The lowest BCUT2D eigenvalue weighted by Crippen LogP contribution is -2.66. The van der Waals surface area contributed by atoms with Gasteiger partial charge in [-0.2, -0.15) is 0 Å². The second-order valence-corrected chi connectivity index (χ2v) is 17.3. The Morgan fingerprint density at radius 3 is 2.17 bits per heavy atom. The first-order valence-electron chi connectivity index (χ1n) is 17.2. The molecule has 8 heteroatoms. The van der Waals surface area contributed by atoms with Crippen LogP contribution in [0.4, 0.5) is 5.69 Å². The molecule has 0 amide bonds. The third kappa shape index (κ3) is 4.47. The number of allylic oxidation sites excluding steroid dienone is 2. The maximum absolute atomic E-state index is 14.7. The van der Waals surface area contributed by atoms with E-state index >= 15 is 0 Å². The summed E-state index contributed by atoms with van der Waals surface area (Å²) in [6.07, 6.45) is 9.63. The molecule has 5 aliphatic rings. The van der Waals surface area contributed by atoms with Crippen LogP contribution in [0.1, 0.15) is 117 Å². The number of non-ortho nitro benzene ring substituents is 1. The molecule has 0 spiro atoms. The van der Waals surface area contributed by atoms with Crippen LogP contribution in [0.3, 0.4) is 0 Å². The molecule has 9 atom stereocenters. The molecule has 0 radical (unpaired) electrons. The number of hydrogen-bond acceptors (Lipinski definition) is 7. The number of ketones is 1. The van der Waals surface area contributed by atoms with Crippen LogP contribution in [-0.2, 0) is 19.1 Å². The van der Waals surface area contributed by atoms with Gasteiger partial charge in [0.25, 0.3) is 5.69 Å². The summed E-state index contributed by atoms with van der Waals surface area (Å²) in [5.74, 6) is -0.179. The molecule has 1 aromatic carbocycles. The zero-order valence-electron chi connectivity index (χ0n) is 28.9. The Labute approximate surface area is 273 Å². The predicted molar refractivity (Wildman–Crippen MR) is 174 cm³/mol. The summed E-state index contributed by atoms with van der Waals surface area (Å²) in [5.41, 5.74) is 0.0200. The highest BCUT2D eigenvalue weighted by molar-refractivity contribution is 5.96. The molecule has 4 fully saturated rings. The van der Waals surface area contributed by atoms with Crippen molar-refractivity contribution in [2.24, 2.45) is 50.2 Å². The van der Waals surface area contributed by atoms with E-state index in [0.717, 1.165) is 51.4 Å². The molecule has 0 aromatic heterocycles. The smallest absolute Gasteiger partial charge is 0.338 e. The first-order chi connectivity index (χ1) is 21.4. The van der Waals surface area contributed by atoms with Gasteiger partial charge in [0, 0.05) is 23.5 Å². The van der Waals surface area contributed by atoms with Gasteiger partial charge in [-0.15, -0.1) is 0 Å². The quantitative estimate of drug-likeness (QED) is 0.186. The van der Waals surface area contributed by atoms with Gasteiger partial charge in [-0.3, -0.25) is 19.7 Å². The lowest BCUT2D eigenvalue weighted by molar-refractivity contribution is -0.384. The van der Waals surface area contributed by atoms with Crippen molar-refractivity contribution in [3.05, 3.63) is 51.6 Å². The van der Waals surface area contributed by atoms with Gasteiger partial charge in [-0.25, -0.2) is 4.79 Å². The Hall–Kier alpha value is -3.03. The van der Waals surface area contributed by atoms with E-state index in [0.29, 0.717) is 12.0 Å². The van der Waals surface area contributed by atoms with E-state index in [1.807, 2.05) is 13.0 Å². The van der Waals surface area contributed by atoms with E-state index in [-0.39, 0.29) is 68.4 Å². The molecule has 0 aliphatic heterocycles. The highest BCUT2D eigenvalue weighted by atomic mass is 16.6. The van der Waals surface area contributed by atoms with Crippen LogP contribution in [0.2, 0.25) is 0 Å². The minimum absolute atomic E-state index is 0.0665. The van der Waals surface area contributed by atoms with Crippen LogP contribution >= 0.6 is 0 Å². The molecule has 0 saturated heterocycles. The summed E-state index contributed by atoms with van der Waals surface area (Å²) in [7, 11) is 1.48. The lowest BCUT2D eigenvalue weighted by Gasteiger charge is -2.70. The summed E-state index contributed by atoms with van der Waals surface area (Å²) in [5, 5.41) is 11.1. The minimum atomic E-state index is -0.545. The Morgan fingerprint density at radius 2 is 1.54 bits per heavy atom. The minimum Gasteiger partial charge on any atom is -0.469 e. The number of benzene rings is 1. The van der Waals surface area contributed by atoms with Crippen molar-refractivity contribution in [2.75, 3.05) is 7.11 Å². The van der Waals surface area contributed by atoms with Gasteiger partial charge in [0.05, 0.1) is 23.0 Å². The van der Waals surface area contributed by atoms with Crippen molar-refractivity contribution >= 4 is 23.4 Å². The third-order valence-corrected chi connectivity index (χ3v) is 14.8. The van der Waals surface area contributed by atoms with Crippen LogP contribution in [0, 0.1) is 60.4 Å². The largest absolute Gasteiger partial charge is 0.469 e. The van der Waals surface area contributed by atoms with Crippen molar-refractivity contribution in [1.82, 2.24) is 0 Å². The fourth-order valence-corrected chi connectivity index (χ4v) is 11.7. The summed E-state index contributed by atoms with van der Waals surface area (Å²) in [6.45, 7) is 15.9. The van der Waals surface area contributed by atoms with E-state index in [1.54, 1.807) is 0 Å². The molecule has 5 aliphatic carbocycles. The highest BCUT2D eigenvalue weighted by Crippen LogP contribution is 2.75. The average molecular weight is 634 g/mol. The first kappa shape index (κ1) is 32.9. The van der Waals surface area contributed by atoms with Crippen molar-refractivity contribution in [3.63, 3.8) is 0 Å². The van der Waals surface area contributed by atoms with Crippen molar-refractivity contribution in [3.8, 4) is 0 Å². The van der Waals surface area contributed by atoms with Gasteiger partial charge >= 0.3 is 11.9 Å². The lowest BCUT2D eigenvalue weighted by atomic mass is 9.33. The molecular formula is C38H51NO7. The normalized spacial score (nSPS) is 42.7. The second-order valence-electron chi connectivity index (χ2n) is 17.3. The van der Waals surface area contributed by atoms with Gasteiger partial charge in [-0.1, -0.05) is 47.1 Å². The van der Waals surface area contributed by atoms with Crippen LogP contribution in [0.5, 0.6) is 0 Å². The molecule has 250 valence electrons. The predicted octanol–water partition coefficient (Wildman–Crippen LogP) is 8.27. The highest BCUT2D eigenvalue weighted by Gasteiger charge is 2.70. The first-order valence-corrected chi connectivity index (χ1v) is 17.2. The fraction of sp³-hybridized carbons (Fsp3) is 0.711. The van der Waals surface area contributed by atoms with Crippen LogP contribution in [0.25, 0.3) is 0 Å². The number of rotatable bonds is 4. The molecule has 1 aromatic rings. The number of ether oxygens (including phenoxy) is 2. The van der Waals surface area contributed by atoms with E-state index in [9.17, 15) is 24.5 Å². The Kier molecular flexibility index (Phi) is 7.50. The Balaban J connectivity index is 1.30. The number of hydrogen-bond donors (Lipinski definition) is 0. The summed E-state index contributed by atoms with van der Waals surface area (Å²) in [4.78, 5) is 51.4. The Bertz CT molecular complexity index is 1510. The van der Waals surface area contributed by atoms with E-state index < -0.39 is 16.3 Å². The summed E-state index contributed by atoms with van der Waals surface area (Å²) < 4.78 is 11.4. The third-order valence-electron chi connectivity index (χ3n) is 14.8. The molecular weight excluding hydrogens is 582 g/mol. The number of carbonyl (C=O) groups is 3. The van der Waals surface area contributed by atoms with Gasteiger partial charge in [-0.05, 0) is 116 Å². The van der Waals surface area contributed by atoms with Crippen LogP contribution in [0.15, 0.2) is 35.9 Å². The standard InChI is InChI=1S/C38H51NO7/c1-33(2)28-13-16-38(7)30(36(28,5)15-14-29(33)46-31(41)23-9-11-24(12-10-23)39(43)44)27(40)21-25-26-22-35(4,32(42)45-8)18-17-34(26,3)19-20-37(25,38)6/h9-12,21,26,28-30H,13-20,22H2,1-8H3/t26-,28-,29-,30+,34+,35-,36-,37+,38+/m0/s1. The molecule has 0 unspecified atom stereocenters. The molecule has 8 nitrogen and oxygen atoms in total. The number of esters is 2. The van der Waals surface area contributed by atoms with E-state index in [1.165, 1.54) is 36.9 Å². The zero-order valence-corrected chi connectivity index (χ0v) is 28.9. The zero-order chi connectivity index (χ0) is 33.7. The maximum Gasteiger partial charge on any atom is 0.338 e. The molecule has 0 bridgehead atoms. The van der Waals surface area contributed by atoms with Crippen molar-refractivity contribution < 1.29 is 28.8 Å². The molecule has 46 heavy (non-hydrogen) atoms. The maximum atomic E-state index is 14.7. The fourth-order valence-electron chi connectivity index (χ4n) is 11.7. The van der Waals surface area contributed by atoms with Gasteiger partial charge in [0.15, 0.2) is 5.78 Å². The topological polar surface area (TPSA) is 113 Å². The van der Waals surface area contributed by atoms with Crippen molar-refractivity contribution in [2.45, 2.75) is 112 Å². The number of methoxy groups -OCH3 is 1.